The Morgan fingerprint density at radius 1 is 0.750 bits per heavy atom. The van der Waals surface area contributed by atoms with E-state index in [0.29, 0.717) is 37.3 Å². The highest BCUT2D eigenvalue weighted by atomic mass is 16.2. The Morgan fingerprint density at radius 3 is 2.09 bits per heavy atom. The summed E-state index contributed by atoms with van der Waals surface area (Å²) in [5.41, 5.74) is 3.35. The molecule has 4 aromatic rings. The van der Waals surface area contributed by atoms with Crippen LogP contribution in [0.2, 0.25) is 0 Å². The lowest BCUT2D eigenvalue weighted by atomic mass is 9.95. The van der Waals surface area contributed by atoms with Gasteiger partial charge in [-0.1, -0.05) is 66.7 Å². The number of para-hydroxylation sites is 1. The van der Waals surface area contributed by atoms with E-state index in [9.17, 15) is 9.59 Å². The number of carbonyl (C=O) groups excluding carboxylic acids is 2. The maximum atomic E-state index is 13.8. The van der Waals surface area contributed by atoms with E-state index in [-0.39, 0.29) is 17.7 Å². The molecule has 0 radical (unpaired) electrons. The van der Waals surface area contributed by atoms with Gasteiger partial charge in [0.2, 0.25) is 0 Å². The molecule has 3 aromatic carbocycles. The number of benzene rings is 3. The van der Waals surface area contributed by atoms with Crippen LogP contribution < -0.4 is 0 Å². The van der Waals surface area contributed by atoms with Gasteiger partial charge in [0.25, 0.3) is 5.91 Å². The van der Waals surface area contributed by atoms with Gasteiger partial charge in [0.1, 0.15) is 0 Å². The molecule has 0 spiro atoms. The van der Waals surface area contributed by atoms with Gasteiger partial charge < -0.3 is 9.88 Å². The number of aromatic amines is 1. The van der Waals surface area contributed by atoms with Crippen LogP contribution >= 0.6 is 0 Å². The van der Waals surface area contributed by atoms with Crippen molar-refractivity contribution in [2.45, 2.75) is 6.04 Å². The van der Waals surface area contributed by atoms with E-state index in [4.69, 9.17) is 0 Å². The van der Waals surface area contributed by atoms with Crippen molar-refractivity contribution in [2.75, 3.05) is 26.2 Å². The number of aromatic nitrogens is 1. The number of fused-ring (bicyclic) bond motifs is 1. The number of rotatable bonds is 5. The van der Waals surface area contributed by atoms with Gasteiger partial charge in [0.15, 0.2) is 5.78 Å². The Bertz CT molecular complexity index is 1230. The fourth-order valence-electron chi connectivity index (χ4n) is 4.53. The molecule has 5 heteroatoms. The lowest BCUT2D eigenvalue weighted by Gasteiger charge is -2.39. The number of nitrogens with one attached hydrogen (secondary N) is 1. The number of piperazine rings is 1. The van der Waals surface area contributed by atoms with E-state index in [1.165, 1.54) is 0 Å². The normalized spacial score (nSPS) is 15.6. The van der Waals surface area contributed by atoms with Crippen molar-refractivity contribution in [1.82, 2.24) is 14.8 Å². The zero-order valence-corrected chi connectivity index (χ0v) is 17.8. The van der Waals surface area contributed by atoms with Crippen LogP contribution in [0.3, 0.4) is 0 Å². The molecule has 160 valence electrons. The van der Waals surface area contributed by atoms with Crippen molar-refractivity contribution in [3.8, 4) is 0 Å². The van der Waals surface area contributed by atoms with Crippen molar-refractivity contribution in [1.29, 1.82) is 0 Å². The first kappa shape index (κ1) is 20.2. The molecule has 5 rings (SSSR count). The van der Waals surface area contributed by atoms with Gasteiger partial charge in [-0.15, -0.1) is 0 Å². The number of H-pyrrole nitrogens is 1. The molecular weight excluding hydrogens is 398 g/mol. The van der Waals surface area contributed by atoms with Crippen LogP contribution in [0.25, 0.3) is 10.9 Å². The van der Waals surface area contributed by atoms with Crippen molar-refractivity contribution in [2.24, 2.45) is 0 Å². The monoisotopic (exact) mass is 423 g/mol. The predicted molar refractivity (Wildman–Crippen MR) is 126 cm³/mol. The Balaban J connectivity index is 1.40. The van der Waals surface area contributed by atoms with E-state index in [2.05, 4.69) is 9.88 Å². The average molecular weight is 424 g/mol. The summed E-state index contributed by atoms with van der Waals surface area (Å²) < 4.78 is 0. The lowest BCUT2D eigenvalue weighted by Crippen LogP contribution is -2.51. The molecule has 1 aliphatic heterocycles. The van der Waals surface area contributed by atoms with Gasteiger partial charge in [-0.3, -0.25) is 14.5 Å². The molecule has 0 saturated carbocycles. The van der Waals surface area contributed by atoms with E-state index in [0.717, 1.165) is 16.5 Å². The molecule has 5 nitrogen and oxygen atoms in total. The number of carbonyl (C=O) groups is 2. The third-order valence-corrected chi connectivity index (χ3v) is 6.21. The van der Waals surface area contributed by atoms with Gasteiger partial charge >= 0.3 is 0 Å². The molecule has 0 bridgehead atoms. The molecule has 2 heterocycles. The standard InChI is InChI=1S/C27H25N3O2/c31-26(23-19-28-24-14-8-7-13-22(23)24)25(20-9-3-1-4-10-20)29-15-17-30(18-16-29)27(32)21-11-5-2-6-12-21/h1-14,19,25,28H,15-18H2/t25-/m0/s1. The first-order valence-electron chi connectivity index (χ1n) is 11.0. The summed E-state index contributed by atoms with van der Waals surface area (Å²) in [6.45, 7) is 2.48. The number of hydrogen-bond acceptors (Lipinski definition) is 3. The largest absolute Gasteiger partial charge is 0.360 e. The summed E-state index contributed by atoms with van der Waals surface area (Å²) in [5, 5.41) is 0.941. The van der Waals surface area contributed by atoms with Gasteiger partial charge in [-0.25, -0.2) is 0 Å². The SMILES string of the molecule is O=C(c1c[nH]c2ccccc12)[C@H](c1ccccc1)N1CCN(C(=O)c2ccccc2)CC1. The minimum absolute atomic E-state index is 0.0458. The van der Waals surface area contributed by atoms with Crippen LogP contribution in [0.4, 0.5) is 0 Å². The second-order valence-corrected chi connectivity index (χ2v) is 8.12. The molecular formula is C27H25N3O2. The minimum Gasteiger partial charge on any atom is -0.360 e. The number of nitrogens with zero attached hydrogens (tertiary/aromatic N) is 2. The quantitative estimate of drug-likeness (QED) is 0.479. The first-order valence-corrected chi connectivity index (χ1v) is 11.0. The first-order chi connectivity index (χ1) is 15.7. The number of amides is 1. The van der Waals surface area contributed by atoms with E-state index < -0.39 is 0 Å². The Hall–Kier alpha value is -3.70. The molecule has 1 saturated heterocycles. The average Bonchev–Trinajstić information content (AvgIpc) is 3.30. The maximum absolute atomic E-state index is 13.8. The highest BCUT2D eigenvalue weighted by Gasteiger charge is 2.33. The van der Waals surface area contributed by atoms with Crippen LogP contribution in [0.1, 0.15) is 32.3 Å². The highest BCUT2D eigenvalue weighted by Crippen LogP contribution is 2.30. The van der Waals surface area contributed by atoms with Crippen molar-refractivity contribution in [3.05, 3.63) is 108 Å². The van der Waals surface area contributed by atoms with Crippen molar-refractivity contribution >= 4 is 22.6 Å². The van der Waals surface area contributed by atoms with Gasteiger partial charge in [-0.05, 0) is 23.8 Å². The minimum atomic E-state index is -0.385. The topological polar surface area (TPSA) is 56.4 Å². The van der Waals surface area contributed by atoms with Crippen molar-refractivity contribution < 1.29 is 9.59 Å². The lowest BCUT2D eigenvalue weighted by molar-refractivity contribution is 0.0532. The summed E-state index contributed by atoms with van der Waals surface area (Å²) in [6.07, 6.45) is 1.82. The Labute approximate surface area is 187 Å². The zero-order valence-electron chi connectivity index (χ0n) is 17.8. The molecule has 1 fully saturated rings. The predicted octanol–water partition coefficient (Wildman–Crippen LogP) is 4.55. The number of Topliss-reactive ketones (excluding diaryl/α,β-unsaturated/α-hetero) is 1. The number of ketones is 1. The zero-order chi connectivity index (χ0) is 21.9. The second kappa shape index (κ2) is 8.81. The van der Waals surface area contributed by atoms with Crippen LogP contribution in [-0.4, -0.2) is 52.7 Å². The summed E-state index contributed by atoms with van der Waals surface area (Å²) in [7, 11) is 0. The van der Waals surface area contributed by atoms with Crippen LogP contribution in [0.15, 0.2) is 91.1 Å². The van der Waals surface area contributed by atoms with E-state index >= 15 is 0 Å². The van der Waals surface area contributed by atoms with Crippen LogP contribution in [-0.2, 0) is 0 Å². The third-order valence-electron chi connectivity index (χ3n) is 6.21. The second-order valence-electron chi connectivity index (χ2n) is 8.12. The van der Waals surface area contributed by atoms with Gasteiger partial charge in [0, 0.05) is 54.4 Å². The van der Waals surface area contributed by atoms with Crippen LogP contribution in [0.5, 0.6) is 0 Å². The molecule has 1 amide bonds. The van der Waals surface area contributed by atoms with E-state index in [1.54, 1.807) is 0 Å². The summed E-state index contributed by atoms with van der Waals surface area (Å²) in [4.78, 5) is 34.0. The maximum Gasteiger partial charge on any atom is 0.253 e. The molecule has 1 aromatic heterocycles. The molecule has 32 heavy (non-hydrogen) atoms. The Kier molecular flexibility index (Phi) is 5.57. The molecule has 1 aliphatic rings. The van der Waals surface area contributed by atoms with Crippen molar-refractivity contribution in [3.63, 3.8) is 0 Å². The fraction of sp³-hybridized carbons (Fsp3) is 0.185. The highest BCUT2D eigenvalue weighted by molar-refractivity contribution is 6.10. The molecule has 1 atom stereocenters. The summed E-state index contributed by atoms with van der Waals surface area (Å²) >= 11 is 0. The number of hydrogen-bond donors (Lipinski definition) is 1. The van der Waals surface area contributed by atoms with Gasteiger partial charge in [-0.2, -0.15) is 0 Å². The Morgan fingerprint density at radius 2 is 1.38 bits per heavy atom. The van der Waals surface area contributed by atoms with E-state index in [1.807, 2.05) is 96.0 Å². The fourth-order valence-corrected chi connectivity index (χ4v) is 4.53. The molecule has 1 N–H and O–H groups in total. The third kappa shape index (κ3) is 3.83. The summed E-state index contributed by atoms with van der Waals surface area (Å²) in [5.74, 6) is 0.126. The smallest absolute Gasteiger partial charge is 0.253 e. The van der Waals surface area contributed by atoms with Crippen LogP contribution in [0, 0.1) is 0 Å². The van der Waals surface area contributed by atoms with Gasteiger partial charge in [0.05, 0.1) is 6.04 Å². The molecule has 0 aliphatic carbocycles. The summed E-state index contributed by atoms with van der Waals surface area (Å²) in [6, 6.07) is 26.8. The molecule has 0 unspecified atom stereocenters.